The first-order valence-electron chi connectivity index (χ1n) is 4.20. The highest BCUT2D eigenvalue weighted by atomic mass is 35.5. The molecule has 0 spiro atoms. The quantitative estimate of drug-likeness (QED) is 0.801. The van der Waals surface area contributed by atoms with Gasteiger partial charge in [-0.15, -0.1) is 0 Å². The summed E-state index contributed by atoms with van der Waals surface area (Å²) in [5, 5.41) is 9.12. The lowest BCUT2D eigenvalue weighted by Crippen LogP contribution is -2.20. The number of rotatable bonds is 2. The lowest BCUT2D eigenvalue weighted by atomic mass is 10.1. The van der Waals surface area contributed by atoms with Gasteiger partial charge in [-0.25, -0.2) is 4.98 Å². The number of imidazole rings is 1. The summed E-state index contributed by atoms with van der Waals surface area (Å²) in [6.45, 7) is 0. The van der Waals surface area contributed by atoms with Gasteiger partial charge in [0, 0.05) is 6.20 Å². The van der Waals surface area contributed by atoms with Crippen LogP contribution in [0.5, 0.6) is 0 Å². The van der Waals surface area contributed by atoms with Gasteiger partial charge in [-0.2, -0.15) is 0 Å². The van der Waals surface area contributed by atoms with Crippen molar-refractivity contribution in [2.45, 2.75) is 6.04 Å². The fourth-order valence-corrected chi connectivity index (χ4v) is 1.52. The van der Waals surface area contributed by atoms with Crippen molar-refractivity contribution in [2.75, 3.05) is 0 Å². The normalized spacial score (nSPS) is 12.9. The van der Waals surface area contributed by atoms with Gasteiger partial charge in [0.15, 0.2) is 5.15 Å². The number of nitrogens with two attached hydrogens (primary N) is 1. The number of aliphatic carboxylic acids is 1. The second-order valence-electron chi connectivity index (χ2n) is 3.11. The van der Waals surface area contributed by atoms with Gasteiger partial charge in [0.2, 0.25) is 0 Å². The molecule has 2 rings (SSSR count). The van der Waals surface area contributed by atoms with Crippen LogP contribution in [0.15, 0.2) is 24.7 Å². The van der Waals surface area contributed by atoms with Crippen LogP contribution in [0.2, 0.25) is 5.15 Å². The van der Waals surface area contributed by atoms with Gasteiger partial charge in [-0.3, -0.25) is 4.79 Å². The average Bonchev–Trinajstić information content (AvgIpc) is 2.59. The Morgan fingerprint density at radius 2 is 2.33 bits per heavy atom. The summed E-state index contributed by atoms with van der Waals surface area (Å²) >= 11 is 5.79. The Balaban J connectivity index is 2.52. The maximum atomic E-state index is 10.7. The van der Waals surface area contributed by atoms with E-state index >= 15 is 0 Å². The van der Waals surface area contributed by atoms with Gasteiger partial charge in [-0.05, 0) is 11.6 Å². The van der Waals surface area contributed by atoms with Crippen LogP contribution < -0.4 is 5.73 Å². The molecule has 0 fully saturated rings. The number of halogens is 1. The lowest BCUT2D eigenvalue weighted by molar-refractivity contribution is -0.138. The van der Waals surface area contributed by atoms with Crippen LogP contribution in [0, 0.1) is 0 Å². The summed E-state index contributed by atoms with van der Waals surface area (Å²) in [5.74, 6) is -1.07. The molecule has 1 atom stereocenters. The molecule has 78 valence electrons. The first-order chi connectivity index (χ1) is 7.09. The maximum absolute atomic E-state index is 10.7. The Morgan fingerprint density at radius 1 is 1.60 bits per heavy atom. The zero-order valence-electron chi connectivity index (χ0n) is 7.59. The number of hydrogen-bond acceptors (Lipinski definition) is 3. The number of carboxylic acid groups (broad SMARTS) is 1. The smallest absolute Gasteiger partial charge is 0.325 e. The van der Waals surface area contributed by atoms with Crippen molar-refractivity contribution in [3.8, 4) is 0 Å². The van der Waals surface area contributed by atoms with E-state index in [9.17, 15) is 4.79 Å². The molecule has 0 radical (unpaired) electrons. The highest BCUT2D eigenvalue weighted by molar-refractivity contribution is 6.32. The number of nitrogens with zero attached hydrogens (tertiary/aromatic N) is 2. The highest BCUT2D eigenvalue weighted by Gasteiger charge is 2.14. The number of carbonyl (C=O) groups is 1. The average molecular weight is 226 g/mol. The van der Waals surface area contributed by atoms with Crippen molar-refractivity contribution in [1.29, 1.82) is 0 Å². The van der Waals surface area contributed by atoms with E-state index in [4.69, 9.17) is 22.4 Å². The second kappa shape index (κ2) is 3.52. The molecule has 0 saturated carbocycles. The predicted molar refractivity (Wildman–Crippen MR) is 54.8 cm³/mol. The van der Waals surface area contributed by atoms with E-state index in [1.165, 1.54) is 6.33 Å². The lowest BCUT2D eigenvalue weighted by Gasteiger charge is -2.06. The third-order valence-corrected chi connectivity index (χ3v) is 2.42. The molecule has 3 N–H and O–H groups in total. The van der Waals surface area contributed by atoms with Crippen molar-refractivity contribution in [3.05, 3.63) is 35.4 Å². The van der Waals surface area contributed by atoms with E-state index in [2.05, 4.69) is 4.98 Å². The van der Waals surface area contributed by atoms with Crippen molar-refractivity contribution in [3.63, 3.8) is 0 Å². The van der Waals surface area contributed by atoms with E-state index < -0.39 is 12.0 Å². The summed E-state index contributed by atoms with van der Waals surface area (Å²) in [6, 6.07) is 2.28. The van der Waals surface area contributed by atoms with Gasteiger partial charge in [0.1, 0.15) is 12.4 Å². The molecule has 2 heterocycles. The minimum Gasteiger partial charge on any atom is -0.480 e. The Kier molecular flexibility index (Phi) is 2.34. The highest BCUT2D eigenvalue weighted by Crippen LogP contribution is 2.18. The van der Waals surface area contributed by atoms with Crippen LogP contribution in [-0.2, 0) is 4.79 Å². The Bertz CT molecular complexity index is 523. The molecule has 0 bridgehead atoms. The zero-order chi connectivity index (χ0) is 11.0. The van der Waals surface area contributed by atoms with Gasteiger partial charge in [0.05, 0.1) is 5.52 Å². The molecule has 1 unspecified atom stereocenters. The van der Waals surface area contributed by atoms with Crippen LogP contribution >= 0.6 is 11.6 Å². The van der Waals surface area contributed by atoms with Gasteiger partial charge >= 0.3 is 5.97 Å². The van der Waals surface area contributed by atoms with Crippen molar-refractivity contribution < 1.29 is 9.90 Å². The Morgan fingerprint density at radius 3 is 3.00 bits per heavy atom. The van der Waals surface area contributed by atoms with Crippen molar-refractivity contribution in [2.24, 2.45) is 5.73 Å². The van der Waals surface area contributed by atoms with E-state index in [0.717, 1.165) is 5.52 Å². The van der Waals surface area contributed by atoms with Crippen LogP contribution in [0.3, 0.4) is 0 Å². The van der Waals surface area contributed by atoms with E-state index in [1.807, 2.05) is 0 Å². The van der Waals surface area contributed by atoms with Crippen LogP contribution in [0.4, 0.5) is 0 Å². The minimum absolute atomic E-state index is 0.380. The molecule has 2 aromatic rings. The molecular weight excluding hydrogens is 218 g/mol. The zero-order valence-corrected chi connectivity index (χ0v) is 8.35. The molecule has 15 heavy (non-hydrogen) atoms. The molecule has 0 aliphatic carbocycles. The Labute approximate surface area is 90.1 Å². The molecule has 0 aliphatic heterocycles. The summed E-state index contributed by atoms with van der Waals surface area (Å²) in [7, 11) is 0. The predicted octanol–water partition coefficient (Wildman–Crippen LogP) is 1.07. The number of carboxylic acids is 1. The minimum atomic E-state index is -1.07. The van der Waals surface area contributed by atoms with E-state index in [0.29, 0.717) is 10.7 Å². The van der Waals surface area contributed by atoms with Crippen molar-refractivity contribution in [1.82, 2.24) is 9.38 Å². The second-order valence-corrected chi connectivity index (χ2v) is 3.46. The molecule has 6 heteroatoms. The summed E-state index contributed by atoms with van der Waals surface area (Å²) < 4.78 is 1.64. The Hall–Kier alpha value is -1.59. The molecule has 0 aliphatic rings. The molecule has 0 saturated heterocycles. The first kappa shape index (κ1) is 9.95. The fourth-order valence-electron chi connectivity index (χ4n) is 1.31. The first-order valence-corrected chi connectivity index (χ1v) is 4.58. The monoisotopic (exact) mass is 225 g/mol. The fraction of sp³-hybridized carbons (Fsp3) is 0.111. The number of aromatic nitrogens is 2. The molecule has 2 aromatic heterocycles. The summed E-state index contributed by atoms with van der Waals surface area (Å²) in [4.78, 5) is 14.5. The van der Waals surface area contributed by atoms with Gasteiger partial charge in [0.25, 0.3) is 0 Å². The maximum Gasteiger partial charge on any atom is 0.325 e. The molecular formula is C9H8ClN3O2. The number of pyridine rings is 1. The largest absolute Gasteiger partial charge is 0.480 e. The number of hydrogen-bond donors (Lipinski definition) is 2. The molecule has 0 aromatic carbocycles. The molecule has 0 amide bonds. The summed E-state index contributed by atoms with van der Waals surface area (Å²) in [6.07, 6.45) is 3.11. The third kappa shape index (κ3) is 1.67. The topological polar surface area (TPSA) is 80.6 Å². The molecule has 5 nitrogen and oxygen atoms in total. The van der Waals surface area contributed by atoms with Gasteiger partial charge < -0.3 is 15.2 Å². The third-order valence-electron chi connectivity index (χ3n) is 2.13. The van der Waals surface area contributed by atoms with Gasteiger partial charge in [-0.1, -0.05) is 17.7 Å². The summed E-state index contributed by atoms with van der Waals surface area (Å²) in [5.41, 5.74) is 6.69. The van der Waals surface area contributed by atoms with Crippen LogP contribution in [0.1, 0.15) is 11.6 Å². The van der Waals surface area contributed by atoms with Crippen molar-refractivity contribution >= 4 is 23.1 Å². The number of fused-ring (bicyclic) bond motifs is 1. The standard InChI is InChI=1S/C9H8ClN3O2/c10-8-6-2-1-5(7(11)9(14)15)3-13(6)4-12-8/h1-4,7H,11H2,(H,14,15). The van der Waals surface area contributed by atoms with Crippen LogP contribution in [-0.4, -0.2) is 20.5 Å². The van der Waals surface area contributed by atoms with E-state index in [1.54, 1.807) is 22.7 Å². The SMILES string of the molecule is NC(C(=O)O)c1ccc2c(Cl)ncn2c1. The van der Waals surface area contributed by atoms with Crippen LogP contribution in [0.25, 0.3) is 5.52 Å². The van der Waals surface area contributed by atoms with E-state index in [-0.39, 0.29) is 0 Å².